The van der Waals surface area contributed by atoms with Crippen LogP contribution in [-0.4, -0.2) is 53.4 Å². The van der Waals surface area contributed by atoms with Gasteiger partial charge in [0.1, 0.15) is 11.5 Å². The van der Waals surface area contributed by atoms with Gasteiger partial charge in [0.25, 0.3) is 5.91 Å². The Morgan fingerprint density at radius 2 is 2.04 bits per heavy atom. The van der Waals surface area contributed by atoms with E-state index in [1.807, 2.05) is 23.3 Å². The summed E-state index contributed by atoms with van der Waals surface area (Å²) in [6.07, 6.45) is 5.05. The standard InChI is InChI=1S/C19H22FN3OS/c1-15-21-18(14-25-15)19(24)23-11-3-10-22(12-13-23)9-2-4-16-5-7-17(20)8-6-16/h2,4-8,14H,3,9-13H2,1H3/b4-2+. The number of hydrogen-bond acceptors (Lipinski definition) is 4. The number of aromatic nitrogens is 1. The lowest BCUT2D eigenvalue weighted by Gasteiger charge is -2.20. The summed E-state index contributed by atoms with van der Waals surface area (Å²) in [7, 11) is 0. The van der Waals surface area contributed by atoms with Crippen molar-refractivity contribution in [3.8, 4) is 0 Å². The van der Waals surface area contributed by atoms with Crippen molar-refractivity contribution in [3.63, 3.8) is 0 Å². The van der Waals surface area contributed by atoms with E-state index in [1.165, 1.54) is 23.5 Å². The van der Waals surface area contributed by atoms with E-state index < -0.39 is 0 Å². The van der Waals surface area contributed by atoms with Crippen molar-refractivity contribution < 1.29 is 9.18 Å². The van der Waals surface area contributed by atoms with Gasteiger partial charge >= 0.3 is 0 Å². The molecule has 0 N–H and O–H groups in total. The maximum Gasteiger partial charge on any atom is 0.273 e. The van der Waals surface area contributed by atoms with Crippen molar-refractivity contribution in [1.29, 1.82) is 0 Å². The molecule has 1 amide bonds. The van der Waals surface area contributed by atoms with E-state index >= 15 is 0 Å². The number of aryl methyl sites for hydroxylation is 1. The molecule has 0 bridgehead atoms. The monoisotopic (exact) mass is 359 g/mol. The molecular weight excluding hydrogens is 337 g/mol. The van der Waals surface area contributed by atoms with Crippen LogP contribution >= 0.6 is 11.3 Å². The maximum atomic E-state index is 12.9. The van der Waals surface area contributed by atoms with Gasteiger partial charge in [-0.1, -0.05) is 24.3 Å². The number of hydrogen-bond donors (Lipinski definition) is 0. The molecule has 132 valence electrons. The topological polar surface area (TPSA) is 36.4 Å². The molecule has 1 aromatic carbocycles. The number of nitrogens with zero attached hydrogens (tertiary/aromatic N) is 3. The Hall–Kier alpha value is -2.05. The zero-order valence-corrected chi connectivity index (χ0v) is 15.1. The Morgan fingerprint density at radius 1 is 1.24 bits per heavy atom. The van der Waals surface area contributed by atoms with Crippen LogP contribution in [0.5, 0.6) is 0 Å². The van der Waals surface area contributed by atoms with Gasteiger partial charge in [-0.2, -0.15) is 0 Å². The first-order chi connectivity index (χ1) is 12.1. The van der Waals surface area contributed by atoms with Gasteiger partial charge in [0.2, 0.25) is 0 Å². The van der Waals surface area contributed by atoms with Crippen molar-refractivity contribution in [3.05, 3.63) is 57.8 Å². The number of thiazole rings is 1. The third kappa shape index (κ3) is 4.96. The average Bonchev–Trinajstić information content (AvgIpc) is 2.90. The lowest BCUT2D eigenvalue weighted by molar-refractivity contribution is 0.0757. The summed E-state index contributed by atoms with van der Waals surface area (Å²) >= 11 is 1.51. The number of carbonyl (C=O) groups is 1. The molecule has 1 fully saturated rings. The lowest BCUT2D eigenvalue weighted by atomic mass is 10.2. The molecule has 0 unspecified atom stereocenters. The highest BCUT2D eigenvalue weighted by atomic mass is 32.1. The van der Waals surface area contributed by atoms with Gasteiger partial charge in [-0.3, -0.25) is 9.69 Å². The third-order valence-electron chi connectivity index (χ3n) is 4.26. The van der Waals surface area contributed by atoms with E-state index in [2.05, 4.69) is 16.0 Å². The first kappa shape index (κ1) is 17.8. The van der Waals surface area contributed by atoms with E-state index in [0.717, 1.165) is 49.7 Å². The fourth-order valence-corrected chi connectivity index (χ4v) is 3.48. The van der Waals surface area contributed by atoms with Crippen LogP contribution in [0, 0.1) is 12.7 Å². The molecule has 0 atom stereocenters. The fraction of sp³-hybridized carbons (Fsp3) is 0.368. The highest BCUT2D eigenvalue weighted by Crippen LogP contribution is 2.13. The van der Waals surface area contributed by atoms with Crippen LogP contribution in [0.1, 0.15) is 27.5 Å². The molecule has 0 saturated carbocycles. The second-order valence-corrected chi connectivity index (χ2v) is 7.21. The predicted octanol–water partition coefficient (Wildman–Crippen LogP) is 3.45. The zero-order valence-electron chi connectivity index (χ0n) is 14.3. The van der Waals surface area contributed by atoms with Crippen molar-refractivity contribution in [2.24, 2.45) is 0 Å². The van der Waals surface area contributed by atoms with Crippen molar-refractivity contribution in [2.75, 3.05) is 32.7 Å². The van der Waals surface area contributed by atoms with Crippen molar-refractivity contribution in [1.82, 2.24) is 14.8 Å². The van der Waals surface area contributed by atoms with Gasteiger partial charge in [-0.25, -0.2) is 9.37 Å². The Morgan fingerprint density at radius 3 is 2.76 bits per heavy atom. The molecule has 1 aliphatic rings. The first-order valence-electron chi connectivity index (χ1n) is 8.48. The molecule has 1 aliphatic heterocycles. The zero-order chi connectivity index (χ0) is 17.6. The SMILES string of the molecule is Cc1nc(C(=O)N2CCCN(C/C=C/c3ccc(F)cc3)CC2)cs1. The van der Waals surface area contributed by atoms with Crippen molar-refractivity contribution >= 4 is 23.3 Å². The van der Waals surface area contributed by atoms with Gasteiger partial charge in [-0.05, 0) is 31.0 Å². The molecule has 2 heterocycles. The van der Waals surface area contributed by atoms with Gasteiger partial charge < -0.3 is 4.90 Å². The minimum absolute atomic E-state index is 0.0352. The van der Waals surface area contributed by atoms with Gasteiger partial charge in [0.15, 0.2) is 0 Å². The van der Waals surface area contributed by atoms with Gasteiger partial charge in [0, 0.05) is 38.1 Å². The van der Waals surface area contributed by atoms with E-state index in [9.17, 15) is 9.18 Å². The summed E-state index contributed by atoms with van der Waals surface area (Å²) in [5.74, 6) is -0.183. The van der Waals surface area contributed by atoms with Gasteiger partial charge in [0.05, 0.1) is 5.01 Å². The first-order valence-corrected chi connectivity index (χ1v) is 9.35. The number of rotatable bonds is 4. The van der Waals surface area contributed by atoms with Crippen LogP contribution in [-0.2, 0) is 0 Å². The summed E-state index contributed by atoms with van der Waals surface area (Å²) < 4.78 is 12.9. The molecule has 3 rings (SSSR count). The molecule has 4 nitrogen and oxygen atoms in total. The largest absolute Gasteiger partial charge is 0.336 e. The summed E-state index contributed by atoms with van der Waals surface area (Å²) in [4.78, 5) is 21.0. The second-order valence-electron chi connectivity index (χ2n) is 6.15. The summed E-state index contributed by atoms with van der Waals surface area (Å²) in [6.45, 7) is 6.05. The minimum Gasteiger partial charge on any atom is -0.336 e. The summed E-state index contributed by atoms with van der Waals surface area (Å²) in [5.41, 5.74) is 1.55. The molecule has 6 heteroatoms. The molecule has 0 spiro atoms. The molecule has 0 aliphatic carbocycles. The van der Waals surface area contributed by atoms with Crippen LogP contribution in [0.2, 0.25) is 0 Å². The lowest BCUT2D eigenvalue weighted by Crippen LogP contribution is -2.35. The molecule has 1 saturated heterocycles. The van der Waals surface area contributed by atoms with E-state index in [4.69, 9.17) is 0 Å². The predicted molar refractivity (Wildman–Crippen MR) is 99.2 cm³/mol. The normalized spacial score (nSPS) is 16.3. The van der Waals surface area contributed by atoms with Crippen LogP contribution in [0.25, 0.3) is 6.08 Å². The Bertz CT molecular complexity index is 741. The second kappa shape index (κ2) is 8.36. The van der Waals surface area contributed by atoms with Crippen LogP contribution in [0.4, 0.5) is 4.39 Å². The summed E-state index contributed by atoms with van der Waals surface area (Å²) in [6, 6.07) is 6.47. The Kier molecular flexibility index (Phi) is 5.94. The Balaban J connectivity index is 1.51. The average molecular weight is 359 g/mol. The van der Waals surface area contributed by atoms with Crippen LogP contribution in [0.15, 0.2) is 35.7 Å². The van der Waals surface area contributed by atoms with Gasteiger partial charge in [-0.15, -0.1) is 11.3 Å². The highest BCUT2D eigenvalue weighted by molar-refractivity contribution is 7.09. The smallest absolute Gasteiger partial charge is 0.273 e. The number of benzene rings is 1. The fourth-order valence-electron chi connectivity index (χ4n) is 2.89. The molecule has 2 aromatic rings. The number of halogens is 1. The Labute approximate surface area is 151 Å². The number of carbonyl (C=O) groups excluding carboxylic acids is 1. The van der Waals surface area contributed by atoms with E-state index in [-0.39, 0.29) is 11.7 Å². The van der Waals surface area contributed by atoms with E-state index in [0.29, 0.717) is 5.69 Å². The number of amides is 1. The van der Waals surface area contributed by atoms with Crippen LogP contribution in [0.3, 0.4) is 0 Å². The molecule has 1 aromatic heterocycles. The minimum atomic E-state index is -0.218. The van der Waals surface area contributed by atoms with Crippen molar-refractivity contribution in [2.45, 2.75) is 13.3 Å². The summed E-state index contributed by atoms with van der Waals surface area (Å²) in [5, 5.41) is 2.76. The molecular formula is C19H22FN3OS. The molecule has 25 heavy (non-hydrogen) atoms. The maximum absolute atomic E-state index is 12.9. The quantitative estimate of drug-likeness (QED) is 0.839. The van der Waals surface area contributed by atoms with Crippen LogP contribution < -0.4 is 0 Å². The third-order valence-corrected chi connectivity index (χ3v) is 5.03. The van der Waals surface area contributed by atoms with E-state index in [1.54, 1.807) is 12.1 Å². The molecule has 0 radical (unpaired) electrons. The highest BCUT2D eigenvalue weighted by Gasteiger charge is 2.21.